The van der Waals surface area contributed by atoms with E-state index >= 15 is 4.39 Å². The molecule has 3 N–H and O–H groups in total. The molecule has 1 fully saturated rings. The van der Waals surface area contributed by atoms with Crippen LogP contribution in [0, 0.1) is 24.6 Å². The number of halogens is 1. The number of nitrogens with two attached hydrogens (primary N) is 1. The number of nitrogens with one attached hydrogen (secondary N) is 1. The van der Waals surface area contributed by atoms with Crippen LogP contribution in [-0.4, -0.2) is 89.5 Å². The quantitative estimate of drug-likeness (QED) is 0.189. The van der Waals surface area contributed by atoms with Crippen LogP contribution in [0.3, 0.4) is 0 Å². The Morgan fingerprint density at radius 3 is 2.52 bits per heavy atom. The van der Waals surface area contributed by atoms with Crippen molar-refractivity contribution in [1.29, 1.82) is 0 Å². The van der Waals surface area contributed by atoms with E-state index < -0.39 is 5.91 Å². The first kappa shape index (κ1) is 32.6. The predicted octanol–water partition coefficient (Wildman–Crippen LogP) is 3.82. The number of ether oxygens (including phenoxy) is 2. The monoisotopic (exact) mass is 626 g/mol. The fraction of sp³-hybridized carbons (Fsp3) is 0.353. The van der Waals surface area contributed by atoms with Crippen LogP contribution in [0.4, 0.5) is 16.0 Å². The minimum absolute atomic E-state index is 0.272. The van der Waals surface area contributed by atoms with Gasteiger partial charge in [-0.05, 0) is 43.7 Å². The molecule has 0 saturated carbocycles. The van der Waals surface area contributed by atoms with Gasteiger partial charge in [0.25, 0.3) is 5.88 Å². The van der Waals surface area contributed by atoms with Gasteiger partial charge in [-0.1, -0.05) is 30.0 Å². The van der Waals surface area contributed by atoms with Crippen molar-refractivity contribution in [2.75, 3.05) is 59.4 Å². The van der Waals surface area contributed by atoms with E-state index in [9.17, 15) is 4.79 Å². The van der Waals surface area contributed by atoms with Crippen LogP contribution in [-0.2, 0) is 17.8 Å². The number of piperazine rings is 1. The molecule has 1 aliphatic heterocycles. The van der Waals surface area contributed by atoms with E-state index in [-0.39, 0.29) is 11.4 Å². The Hall–Kier alpha value is -4.83. The van der Waals surface area contributed by atoms with Crippen molar-refractivity contribution in [1.82, 2.24) is 29.5 Å². The lowest BCUT2D eigenvalue weighted by molar-refractivity contribution is 0.100. The van der Waals surface area contributed by atoms with E-state index in [0.717, 1.165) is 38.2 Å². The zero-order chi connectivity index (χ0) is 32.6. The molecule has 0 atom stereocenters. The fourth-order valence-corrected chi connectivity index (χ4v) is 5.29. The van der Waals surface area contributed by atoms with Gasteiger partial charge in [0.05, 0.1) is 18.9 Å². The third-order valence-electron chi connectivity index (χ3n) is 7.90. The number of amides is 1. The lowest BCUT2D eigenvalue weighted by atomic mass is 9.90. The summed E-state index contributed by atoms with van der Waals surface area (Å²) in [5, 5.41) is 7.55. The fourth-order valence-electron chi connectivity index (χ4n) is 5.29. The van der Waals surface area contributed by atoms with E-state index in [1.165, 1.54) is 6.07 Å². The number of aromatic nitrogens is 4. The Balaban J connectivity index is 1.38. The molecular formula is C34H39FN8O3. The summed E-state index contributed by atoms with van der Waals surface area (Å²) in [7, 11) is 5.30. The highest BCUT2D eigenvalue weighted by Crippen LogP contribution is 2.32. The minimum Gasteiger partial charge on any atom is -0.478 e. The number of carbonyl (C=O) groups is 1. The maximum Gasteiger partial charge on any atom is 0.256 e. The Morgan fingerprint density at radius 2 is 1.85 bits per heavy atom. The molecular weight excluding hydrogens is 587 g/mol. The van der Waals surface area contributed by atoms with E-state index in [1.54, 1.807) is 49.5 Å². The van der Waals surface area contributed by atoms with Crippen molar-refractivity contribution in [2.45, 2.75) is 26.4 Å². The number of hydrogen-bond donors (Lipinski definition) is 2. The number of anilines is 2. The molecule has 1 amide bonds. The summed E-state index contributed by atoms with van der Waals surface area (Å²) in [6, 6.07) is 8.53. The maximum atomic E-state index is 15.5. The van der Waals surface area contributed by atoms with Gasteiger partial charge >= 0.3 is 0 Å². The summed E-state index contributed by atoms with van der Waals surface area (Å²) in [4.78, 5) is 25.8. The van der Waals surface area contributed by atoms with Gasteiger partial charge in [0.2, 0.25) is 11.9 Å². The van der Waals surface area contributed by atoms with Crippen LogP contribution in [0.2, 0.25) is 0 Å². The van der Waals surface area contributed by atoms with Gasteiger partial charge in [-0.15, -0.1) is 5.10 Å². The number of carbonyl (C=O) groups excluding carboxylic acids is 1. The Morgan fingerprint density at radius 1 is 1.09 bits per heavy atom. The van der Waals surface area contributed by atoms with Gasteiger partial charge in [0.1, 0.15) is 11.5 Å². The summed E-state index contributed by atoms with van der Waals surface area (Å²) >= 11 is 0. The normalized spacial score (nSPS) is 13.7. The summed E-state index contributed by atoms with van der Waals surface area (Å²) in [5.74, 6) is 6.09. The van der Waals surface area contributed by atoms with E-state index in [1.807, 2.05) is 19.2 Å². The van der Waals surface area contributed by atoms with Gasteiger partial charge < -0.3 is 25.4 Å². The number of aryl methyl sites for hydroxylation is 2. The van der Waals surface area contributed by atoms with Crippen LogP contribution < -0.4 is 15.8 Å². The summed E-state index contributed by atoms with van der Waals surface area (Å²) < 4.78 is 27.7. The van der Waals surface area contributed by atoms with E-state index in [0.29, 0.717) is 65.0 Å². The van der Waals surface area contributed by atoms with Crippen molar-refractivity contribution >= 4 is 17.5 Å². The topological polar surface area (TPSA) is 124 Å². The van der Waals surface area contributed by atoms with E-state index in [2.05, 4.69) is 49.1 Å². The van der Waals surface area contributed by atoms with Crippen molar-refractivity contribution in [3.05, 3.63) is 82.6 Å². The van der Waals surface area contributed by atoms with Crippen LogP contribution in [0.15, 0.2) is 48.9 Å². The third-order valence-corrected chi connectivity index (χ3v) is 7.90. The molecule has 0 aliphatic carbocycles. The van der Waals surface area contributed by atoms with Crippen molar-refractivity contribution in [3.8, 4) is 28.8 Å². The largest absolute Gasteiger partial charge is 0.478 e. The number of hydrogen-bond acceptors (Lipinski definition) is 9. The molecule has 2 aromatic heterocycles. The highest BCUT2D eigenvalue weighted by molar-refractivity contribution is 6.01. The maximum absolute atomic E-state index is 15.5. The molecule has 46 heavy (non-hydrogen) atoms. The van der Waals surface area contributed by atoms with Crippen LogP contribution in [0.1, 0.15) is 39.0 Å². The Kier molecular flexibility index (Phi) is 10.6. The number of likely N-dealkylation sites (N-methyl/N-ethyl adjacent to an activating group) is 1. The lowest BCUT2D eigenvalue weighted by Crippen LogP contribution is -2.44. The predicted molar refractivity (Wildman–Crippen MR) is 174 cm³/mol. The van der Waals surface area contributed by atoms with Gasteiger partial charge in [-0.25, -0.2) is 14.4 Å². The molecule has 1 saturated heterocycles. The van der Waals surface area contributed by atoms with Crippen molar-refractivity contribution < 1.29 is 18.7 Å². The van der Waals surface area contributed by atoms with Crippen molar-refractivity contribution in [3.63, 3.8) is 0 Å². The molecule has 0 unspecified atom stereocenters. The standard InChI is InChI=1S/C34H39FN8O3/c1-23-6-10-28(32(36)44)31(25-8-9-26(29(35)18-25)21-42-15-13-41(2)14-16-42)27(23)11-7-24-19-37-34(38-20-24)39-30-22-43(12-5-17-45-3)40-33(30)46-4/h6,8-10,18-20,22H,5,12-17,21H2,1-4H3,(H2,36,44)(H,37,38,39). The lowest BCUT2D eigenvalue weighted by Gasteiger charge is -2.32. The van der Waals surface area contributed by atoms with Crippen molar-refractivity contribution in [2.24, 2.45) is 5.73 Å². The zero-order valence-corrected chi connectivity index (χ0v) is 26.6. The SMILES string of the molecule is COCCCn1cc(Nc2ncc(C#Cc3c(C)ccc(C(N)=O)c3-c3ccc(CN4CCN(C)CC4)c(F)c3)cn2)c(OC)n1. The molecule has 0 bridgehead atoms. The summed E-state index contributed by atoms with van der Waals surface area (Å²) in [5.41, 5.74) is 10.3. The van der Waals surface area contributed by atoms with E-state index in [4.69, 9.17) is 15.2 Å². The molecule has 3 heterocycles. The van der Waals surface area contributed by atoms with Crippen LogP contribution in [0.5, 0.6) is 5.88 Å². The molecule has 2 aromatic carbocycles. The average Bonchev–Trinajstić information content (AvgIpc) is 3.44. The first-order chi connectivity index (χ1) is 22.2. The molecule has 0 radical (unpaired) electrons. The Bertz CT molecular complexity index is 1740. The average molecular weight is 627 g/mol. The molecule has 240 valence electrons. The first-order valence-corrected chi connectivity index (χ1v) is 15.1. The second kappa shape index (κ2) is 15.0. The third kappa shape index (κ3) is 7.87. The highest BCUT2D eigenvalue weighted by atomic mass is 19.1. The molecule has 1 aliphatic rings. The van der Waals surface area contributed by atoms with Gasteiger partial charge in [-0.3, -0.25) is 14.4 Å². The van der Waals surface area contributed by atoms with Gasteiger partial charge in [-0.2, -0.15) is 0 Å². The molecule has 5 rings (SSSR count). The van der Waals surface area contributed by atoms with Gasteiger partial charge in [0.15, 0.2) is 0 Å². The first-order valence-electron chi connectivity index (χ1n) is 15.1. The molecule has 0 spiro atoms. The van der Waals surface area contributed by atoms with Crippen LogP contribution in [0.25, 0.3) is 11.1 Å². The second-order valence-corrected chi connectivity index (χ2v) is 11.3. The molecule has 12 heteroatoms. The smallest absolute Gasteiger partial charge is 0.256 e. The number of rotatable bonds is 11. The molecule has 4 aromatic rings. The number of primary amides is 1. The van der Waals surface area contributed by atoms with Crippen LogP contribution >= 0.6 is 0 Å². The number of methoxy groups -OCH3 is 2. The zero-order valence-electron chi connectivity index (χ0n) is 26.6. The summed E-state index contributed by atoms with van der Waals surface area (Å²) in [6.07, 6.45) is 5.82. The highest BCUT2D eigenvalue weighted by Gasteiger charge is 2.20. The summed E-state index contributed by atoms with van der Waals surface area (Å²) in [6.45, 7) is 7.39. The van der Waals surface area contributed by atoms with Gasteiger partial charge in [0, 0.05) is 87.6 Å². The number of benzene rings is 2. The number of nitrogens with zero attached hydrogens (tertiary/aromatic N) is 6. The minimum atomic E-state index is -0.615. The molecule has 11 nitrogen and oxygen atoms in total. The second-order valence-electron chi connectivity index (χ2n) is 11.3. The Labute approximate surface area is 268 Å².